The summed E-state index contributed by atoms with van der Waals surface area (Å²) in [5, 5.41) is 1.40. The van der Waals surface area contributed by atoms with Gasteiger partial charge in [-0.15, -0.1) is 0 Å². The molecule has 4 aromatic carbocycles. The van der Waals surface area contributed by atoms with Crippen LogP contribution in [-0.2, 0) is 24.0 Å². The lowest BCUT2D eigenvalue weighted by Gasteiger charge is -2.10. The van der Waals surface area contributed by atoms with E-state index in [1.165, 1.54) is 17.7 Å². The van der Waals surface area contributed by atoms with Gasteiger partial charge in [0.25, 0.3) is 0 Å². The van der Waals surface area contributed by atoms with Crippen LogP contribution in [0.5, 0.6) is 0 Å². The van der Waals surface area contributed by atoms with Crippen molar-refractivity contribution < 1.29 is 17.9 Å². The van der Waals surface area contributed by atoms with Crippen LogP contribution >= 0.6 is 0 Å². The van der Waals surface area contributed by atoms with Crippen molar-refractivity contribution in [3.63, 3.8) is 0 Å². The number of rotatable bonds is 8. The third-order valence-corrected chi connectivity index (χ3v) is 5.80. The van der Waals surface area contributed by atoms with Gasteiger partial charge in [0.1, 0.15) is 5.82 Å². The van der Waals surface area contributed by atoms with Crippen LogP contribution in [0.25, 0.3) is 21.9 Å². The highest BCUT2D eigenvalue weighted by atomic mass is 19.2. The maximum absolute atomic E-state index is 15.1. The molecule has 0 aromatic heterocycles. The van der Waals surface area contributed by atoms with E-state index in [1.54, 1.807) is 13.2 Å². The Labute approximate surface area is 186 Å². The molecule has 4 heteroatoms. The van der Waals surface area contributed by atoms with Crippen molar-refractivity contribution in [2.45, 2.75) is 25.7 Å². The highest BCUT2D eigenvalue weighted by molar-refractivity contribution is 5.88. The normalized spacial score (nSPS) is 11.2. The fraction of sp³-hybridized carbons (Fsp3) is 0.214. The zero-order valence-corrected chi connectivity index (χ0v) is 18.0. The number of methoxy groups -OCH3 is 1. The summed E-state index contributed by atoms with van der Waals surface area (Å²) in [4.78, 5) is 0. The lowest BCUT2D eigenvalue weighted by Crippen LogP contribution is -1.97. The van der Waals surface area contributed by atoms with Crippen molar-refractivity contribution in [2.24, 2.45) is 0 Å². The first-order valence-corrected chi connectivity index (χ1v) is 10.8. The van der Waals surface area contributed by atoms with E-state index in [-0.39, 0.29) is 5.82 Å². The first kappa shape index (κ1) is 22.1. The van der Waals surface area contributed by atoms with Crippen LogP contribution in [0, 0.1) is 17.5 Å². The molecule has 0 aliphatic heterocycles. The number of ether oxygens (including phenoxy) is 1. The van der Waals surface area contributed by atoms with Gasteiger partial charge in [-0.3, -0.25) is 0 Å². The number of fused-ring (bicyclic) bond motifs is 1. The van der Waals surface area contributed by atoms with Gasteiger partial charge in [-0.2, -0.15) is 0 Å². The summed E-state index contributed by atoms with van der Waals surface area (Å²) in [6.45, 7) is 0.751. The fourth-order valence-electron chi connectivity index (χ4n) is 3.97. The molecular weight excluding hydrogens is 409 g/mol. The van der Waals surface area contributed by atoms with E-state index >= 15 is 4.39 Å². The maximum atomic E-state index is 15.1. The van der Waals surface area contributed by atoms with Crippen LogP contribution in [0.15, 0.2) is 72.8 Å². The molecule has 0 aliphatic carbocycles. The predicted molar refractivity (Wildman–Crippen MR) is 123 cm³/mol. The number of halogens is 3. The fourth-order valence-corrected chi connectivity index (χ4v) is 3.97. The van der Waals surface area contributed by atoms with Crippen molar-refractivity contribution in [3.8, 4) is 11.1 Å². The second-order valence-corrected chi connectivity index (χ2v) is 8.02. The minimum Gasteiger partial charge on any atom is -0.385 e. The van der Waals surface area contributed by atoms with Gasteiger partial charge in [-0.05, 0) is 77.1 Å². The molecule has 0 fully saturated rings. The zero-order chi connectivity index (χ0) is 22.5. The Balaban J connectivity index is 1.51. The molecule has 0 bridgehead atoms. The van der Waals surface area contributed by atoms with E-state index in [4.69, 9.17) is 4.74 Å². The number of hydrogen-bond acceptors (Lipinski definition) is 1. The largest absolute Gasteiger partial charge is 0.385 e. The first-order valence-electron chi connectivity index (χ1n) is 10.8. The van der Waals surface area contributed by atoms with E-state index in [0.717, 1.165) is 42.0 Å². The Bertz CT molecular complexity index is 1220. The minimum absolute atomic E-state index is 0.259. The molecule has 0 atom stereocenters. The Kier molecular flexibility index (Phi) is 6.91. The highest BCUT2D eigenvalue weighted by Crippen LogP contribution is 2.28. The molecule has 0 N–H and O–H groups in total. The Morgan fingerprint density at radius 2 is 1.41 bits per heavy atom. The van der Waals surface area contributed by atoms with Crippen molar-refractivity contribution in [1.29, 1.82) is 0 Å². The molecule has 0 heterocycles. The van der Waals surface area contributed by atoms with Crippen LogP contribution in [0.4, 0.5) is 13.2 Å². The summed E-state index contributed by atoms with van der Waals surface area (Å²) < 4.78 is 46.7. The van der Waals surface area contributed by atoms with E-state index in [0.29, 0.717) is 29.4 Å². The van der Waals surface area contributed by atoms with Gasteiger partial charge in [0.05, 0.1) is 0 Å². The molecule has 4 rings (SSSR count). The van der Waals surface area contributed by atoms with Crippen molar-refractivity contribution in [3.05, 3.63) is 107 Å². The maximum Gasteiger partial charge on any atom is 0.159 e. The van der Waals surface area contributed by atoms with E-state index in [2.05, 4.69) is 24.3 Å². The molecule has 0 radical (unpaired) electrons. The van der Waals surface area contributed by atoms with Gasteiger partial charge in [-0.1, -0.05) is 54.6 Å². The lowest BCUT2D eigenvalue weighted by atomic mass is 9.96. The van der Waals surface area contributed by atoms with E-state index in [9.17, 15) is 8.78 Å². The zero-order valence-electron chi connectivity index (χ0n) is 18.0. The average molecular weight is 435 g/mol. The van der Waals surface area contributed by atoms with Crippen LogP contribution in [0.3, 0.4) is 0 Å². The quantitative estimate of drug-likeness (QED) is 0.265. The lowest BCUT2D eigenvalue weighted by molar-refractivity contribution is 0.195. The topological polar surface area (TPSA) is 9.23 Å². The SMILES string of the molecule is COCCCc1ccc(-c2ccc3c(F)c(CCc4ccc(F)c(F)c4)ccc3c2)cc1. The minimum atomic E-state index is -0.878. The summed E-state index contributed by atoms with van der Waals surface area (Å²) in [6, 6.07) is 21.7. The van der Waals surface area contributed by atoms with Gasteiger partial charge in [0.15, 0.2) is 11.6 Å². The van der Waals surface area contributed by atoms with Crippen LogP contribution in [-0.4, -0.2) is 13.7 Å². The molecule has 4 aromatic rings. The standard InChI is InChI=1S/C28H25F3O/c1-32-16-2-3-19-4-8-21(9-5-19)23-13-14-25-24(18-23)12-11-22(28(25)31)10-6-20-7-15-26(29)27(30)17-20/h4-5,7-9,11-15,17-18H,2-3,6,10,16H2,1H3. The van der Waals surface area contributed by atoms with Gasteiger partial charge in [0.2, 0.25) is 0 Å². The van der Waals surface area contributed by atoms with E-state index in [1.807, 2.05) is 24.3 Å². The Morgan fingerprint density at radius 1 is 0.656 bits per heavy atom. The number of aryl methyl sites for hydroxylation is 3. The molecule has 32 heavy (non-hydrogen) atoms. The molecule has 0 amide bonds. The smallest absolute Gasteiger partial charge is 0.159 e. The molecule has 0 unspecified atom stereocenters. The van der Waals surface area contributed by atoms with Crippen LogP contribution < -0.4 is 0 Å². The van der Waals surface area contributed by atoms with Crippen molar-refractivity contribution in [2.75, 3.05) is 13.7 Å². The van der Waals surface area contributed by atoms with Gasteiger partial charge >= 0.3 is 0 Å². The summed E-state index contributed by atoms with van der Waals surface area (Å²) >= 11 is 0. The van der Waals surface area contributed by atoms with Gasteiger partial charge in [0, 0.05) is 19.1 Å². The van der Waals surface area contributed by atoms with E-state index < -0.39 is 11.6 Å². The van der Waals surface area contributed by atoms with Crippen molar-refractivity contribution in [1.82, 2.24) is 0 Å². The van der Waals surface area contributed by atoms with Crippen LogP contribution in [0.1, 0.15) is 23.1 Å². The van der Waals surface area contributed by atoms with Crippen molar-refractivity contribution >= 4 is 10.8 Å². The summed E-state index contributed by atoms with van der Waals surface area (Å²) in [6.07, 6.45) is 2.82. The molecular formula is C28H25F3O. The molecule has 0 saturated carbocycles. The first-order chi connectivity index (χ1) is 15.5. The molecule has 0 aliphatic rings. The number of hydrogen-bond donors (Lipinski definition) is 0. The summed E-state index contributed by atoms with van der Waals surface area (Å²) in [7, 11) is 1.71. The monoisotopic (exact) mass is 434 g/mol. The molecule has 1 nitrogen and oxygen atoms in total. The summed E-state index contributed by atoms with van der Waals surface area (Å²) in [5.74, 6) is -2.01. The van der Waals surface area contributed by atoms with Gasteiger partial charge in [-0.25, -0.2) is 13.2 Å². The summed E-state index contributed by atoms with van der Waals surface area (Å²) in [5.41, 5.74) is 4.60. The third kappa shape index (κ3) is 5.03. The van der Waals surface area contributed by atoms with Gasteiger partial charge < -0.3 is 4.74 Å². The predicted octanol–water partition coefficient (Wildman–Crippen LogP) is 7.29. The second-order valence-electron chi connectivity index (χ2n) is 8.02. The highest BCUT2D eigenvalue weighted by Gasteiger charge is 2.10. The third-order valence-electron chi connectivity index (χ3n) is 5.80. The Hall–Kier alpha value is -3.11. The Morgan fingerprint density at radius 3 is 2.16 bits per heavy atom. The molecule has 164 valence electrons. The van der Waals surface area contributed by atoms with Crippen LogP contribution in [0.2, 0.25) is 0 Å². The molecule has 0 saturated heterocycles. The average Bonchev–Trinajstić information content (AvgIpc) is 2.81. The number of benzene rings is 4. The second kappa shape index (κ2) is 10.0. The molecule has 0 spiro atoms.